The third kappa shape index (κ3) is 3.81. The number of carbonyl (C=O) groups excluding carboxylic acids is 1. The Hall–Kier alpha value is -2.65. The lowest BCUT2D eigenvalue weighted by molar-refractivity contribution is 0.102. The van der Waals surface area contributed by atoms with Gasteiger partial charge in [0, 0.05) is 22.5 Å². The zero-order valence-electron chi connectivity index (χ0n) is 13.3. The molecule has 0 aliphatic carbocycles. The van der Waals surface area contributed by atoms with Crippen molar-refractivity contribution < 1.29 is 4.79 Å². The number of nitrogens with zero attached hydrogens (tertiary/aromatic N) is 1. The number of rotatable bonds is 4. The molecule has 0 saturated carbocycles. The third-order valence-electron chi connectivity index (χ3n) is 3.77. The van der Waals surface area contributed by atoms with Crippen molar-refractivity contribution in [2.75, 3.05) is 5.32 Å². The van der Waals surface area contributed by atoms with Gasteiger partial charge in [-0.05, 0) is 48.4 Å². The lowest BCUT2D eigenvalue weighted by Crippen LogP contribution is -2.12. The highest BCUT2D eigenvalue weighted by Crippen LogP contribution is 2.21. The minimum Gasteiger partial charge on any atom is -0.322 e. The van der Waals surface area contributed by atoms with Gasteiger partial charge in [-0.3, -0.25) is 9.78 Å². The molecule has 3 nitrogen and oxygen atoms in total. The van der Waals surface area contributed by atoms with Gasteiger partial charge in [0.15, 0.2) is 0 Å². The maximum Gasteiger partial charge on any atom is 0.257 e. The molecule has 24 heavy (non-hydrogen) atoms. The van der Waals surface area contributed by atoms with E-state index in [1.165, 1.54) is 5.56 Å². The second-order valence-corrected chi connectivity index (χ2v) is 5.88. The predicted octanol–water partition coefficient (Wildman–Crippen LogP) is 5.22. The molecular weight excluding hydrogens is 320 g/mol. The van der Waals surface area contributed by atoms with Crippen molar-refractivity contribution in [3.05, 3.63) is 83.0 Å². The number of pyridine rings is 1. The van der Waals surface area contributed by atoms with Crippen molar-refractivity contribution in [1.29, 1.82) is 0 Å². The lowest BCUT2D eigenvalue weighted by Gasteiger charge is -2.07. The smallest absolute Gasteiger partial charge is 0.257 e. The third-order valence-corrected chi connectivity index (χ3v) is 4.00. The van der Waals surface area contributed by atoms with Gasteiger partial charge in [-0.15, -0.1) is 0 Å². The van der Waals surface area contributed by atoms with E-state index in [1.54, 1.807) is 12.3 Å². The quantitative estimate of drug-likeness (QED) is 0.710. The molecule has 0 atom stereocenters. The molecule has 1 amide bonds. The van der Waals surface area contributed by atoms with Crippen LogP contribution in [0.3, 0.4) is 0 Å². The number of hydrogen-bond acceptors (Lipinski definition) is 2. The van der Waals surface area contributed by atoms with Crippen LogP contribution in [-0.2, 0) is 6.42 Å². The van der Waals surface area contributed by atoms with Crippen molar-refractivity contribution in [2.24, 2.45) is 0 Å². The van der Waals surface area contributed by atoms with Gasteiger partial charge in [0.25, 0.3) is 5.91 Å². The number of hydrogen-bond donors (Lipinski definition) is 1. The van der Waals surface area contributed by atoms with Crippen molar-refractivity contribution in [3.63, 3.8) is 0 Å². The summed E-state index contributed by atoms with van der Waals surface area (Å²) in [6.07, 6.45) is 2.55. The molecule has 4 heteroatoms. The molecule has 0 spiro atoms. The van der Waals surface area contributed by atoms with Crippen LogP contribution in [0.15, 0.2) is 66.9 Å². The fraction of sp³-hybridized carbons (Fsp3) is 0.100. The van der Waals surface area contributed by atoms with Gasteiger partial charge in [0.1, 0.15) is 0 Å². The van der Waals surface area contributed by atoms with Gasteiger partial charge in [-0.25, -0.2) is 0 Å². The van der Waals surface area contributed by atoms with Crippen LogP contribution < -0.4 is 5.32 Å². The summed E-state index contributed by atoms with van der Waals surface area (Å²) < 4.78 is 0. The Bertz CT molecular complexity index is 842. The van der Waals surface area contributed by atoms with Crippen LogP contribution in [0.4, 0.5) is 5.69 Å². The first-order valence-corrected chi connectivity index (χ1v) is 8.16. The van der Waals surface area contributed by atoms with Crippen molar-refractivity contribution >= 4 is 23.2 Å². The molecule has 1 N–H and O–H groups in total. The van der Waals surface area contributed by atoms with E-state index < -0.39 is 0 Å². The second kappa shape index (κ2) is 7.28. The average Bonchev–Trinajstić information content (AvgIpc) is 2.62. The molecule has 0 saturated heterocycles. The lowest BCUT2D eigenvalue weighted by atomic mass is 10.1. The minimum absolute atomic E-state index is 0.176. The topological polar surface area (TPSA) is 42.0 Å². The number of halogens is 1. The maximum absolute atomic E-state index is 12.3. The van der Waals surface area contributed by atoms with Crippen LogP contribution in [0.2, 0.25) is 5.02 Å². The van der Waals surface area contributed by atoms with Crippen molar-refractivity contribution in [2.45, 2.75) is 13.3 Å². The first-order valence-electron chi connectivity index (χ1n) is 7.78. The molecular formula is C20H17ClN2O. The molecule has 0 unspecified atom stereocenters. The molecule has 0 radical (unpaired) electrons. The Labute approximate surface area is 146 Å². The predicted molar refractivity (Wildman–Crippen MR) is 98.5 cm³/mol. The first-order chi connectivity index (χ1) is 11.7. The van der Waals surface area contributed by atoms with E-state index in [-0.39, 0.29) is 5.91 Å². The molecule has 0 bridgehead atoms. The van der Waals surface area contributed by atoms with Crippen LogP contribution in [-0.4, -0.2) is 10.9 Å². The summed E-state index contributed by atoms with van der Waals surface area (Å²) in [5, 5.41) is 3.54. The summed E-state index contributed by atoms with van der Waals surface area (Å²) in [5.74, 6) is -0.176. The van der Waals surface area contributed by atoms with E-state index in [2.05, 4.69) is 17.2 Å². The van der Waals surface area contributed by atoms with E-state index in [4.69, 9.17) is 11.6 Å². The van der Waals surface area contributed by atoms with Crippen molar-refractivity contribution in [3.8, 4) is 11.3 Å². The summed E-state index contributed by atoms with van der Waals surface area (Å²) >= 11 is 6.00. The molecule has 0 aliphatic rings. The largest absolute Gasteiger partial charge is 0.322 e. The Morgan fingerprint density at radius 3 is 2.50 bits per heavy atom. The fourth-order valence-electron chi connectivity index (χ4n) is 2.37. The van der Waals surface area contributed by atoms with Gasteiger partial charge in [0.05, 0.1) is 11.3 Å². The van der Waals surface area contributed by atoms with Crippen LogP contribution >= 0.6 is 11.6 Å². The zero-order chi connectivity index (χ0) is 16.9. The molecule has 0 aliphatic heterocycles. The van der Waals surface area contributed by atoms with E-state index in [1.807, 2.05) is 54.6 Å². The van der Waals surface area contributed by atoms with E-state index in [9.17, 15) is 4.79 Å². The maximum atomic E-state index is 12.3. The number of amides is 1. The molecule has 1 aromatic heterocycles. The molecule has 1 heterocycles. The van der Waals surface area contributed by atoms with E-state index >= 15 is 0 Å². The summed E-state index contributed by atoms with van der Waals surface area (Å²) in [6.45, 7) is 2.10. The van der Waals surface area contributed by atoms with Gasteiger partial charge in [-0.2, -0.15) is 0 Å². The summed E-state index contributed by atoms with van der Waals surface area (Å²) in [4.78, 5) is 16.7. The number of aryl methyl sites for hydroxylation is 1. The van der Waals surface area contributed by atoms with Crippen LogP contribution in [0.5, 0.6) is 0 Å². The van der Waals surface area contributed by atoms with E-state index in [0.29, 0.717) is 10.6 Å². The zero-order valence-corrected chi connectivity index (χ0v) is 14.0. The highest BCUT2D eigenvalue weighted by atomic mass is 35.5. The number of nitrogens with one attached hydrogen (secondary N) is 1. The van der Waals surface area contributed by atoms with Crippen LogP contribution in [0.1, 0.15) is 22.8 Å². The molecule has 2 aromatic carbocycles. The van der Waals surface area contributed by atoms with Gasteiger partial charge in [-0.1, -0.05) is 42.8 Å². The molecule has 3 aromatic rings. The van der Waals surface area contributed by atoms with Gasteiger partial charge in [0.2, 0.25) is 0 Å². The Balaban J connectivity index is 1.73. The SMILES string of the molecule is CCc1ccc(NC(=O)c2ccc(-c3cccc(Cl)c3)nc2)cc1. The number of anilines is 1. The fourth-order valence-corrected chi connectivity index (χ4v) is 2.56. The second-order valence-electron chi connectivity index (χ2n) is 5.45. The Kier molecular flexibility index (Phi) is 4.92. The van der Waals surface area contributed by atoms with Crippen molar-refractivity contribution in [1.82, 2.24) is 4.98 Å². The van der Waals surface area contributed by atoms with Gasteiger partial charge >= 0.3 is 0 Å². The highest BCUT2D eigenvalue weighted by molar-refractivity contribution is 6.30. The Morgan fingerprint density at radius 1 is 1.08 bits per heavy atom. The number of aromatic nitrogens is 1. The monoisotopic (exact) mass is 336 g/mol. The number of carbonyl (C=O) groups is 1. The van der Waals surface area contributed by atoms with Gasteiger partial charge < -0.3 is 5.32 Å². The number of benzene rings is 2. The summed E-state index contributed by atoms with van der Waals surface area (Å²) in [5.41, 5.74) is 4.22. The average molecular weight is 337 g/mol. The van der Waals surface area contributed by atoms with Crippen LogP contribution in [0.25, 0.3) is 11.3 Å². The molecule has 120 valence electrons. The Morgan fingerprint density at radius 2 is 1.88 bits per heavy atom. The first kappa shape index (κ1) is 16.2. The summed E-state index contributed by atoms with van der Waals surface area (Å²) in [6, 6.07) is 18.9. The minimum atomic E-state index is -0.176. The molecule has 0 fully saturated rings. The van der Waals surface area contributed by atoms with Crippen LogP contribution in [0, 0.1) is 0 Å². The summed E-state index contributed by atoms with van der Waals surface area (Å²) in [7, 11) is 0. The van der Waals surface area contributed by atoms with E-state index in [0.717, 1.165) is 23.4 Å². The highest BCUT2D eigenvalue weighted by Gasteiger charge is 2.08. The standard InChI is InChI=1S/C20H17ClN2O/c1-2-14-6-9-18(10-7-14)23-20(24)16-8-11-19(22-13-16)15-4-3-5-17(21)12-15/h3-13H,2H2,1H3,(H,23,24). The normalized spacial score (nSPS) is 10.4. The molecule has 3 rings (SSSR count).